The van der Waals surface area contributed by atoms with Crippen molar-refractivity contribution in [2.45, 2.75) is 24.9 Å². The number of fused-ring (bicyclic) bond motifs is 1. The van der Waals surface area contributed by atoms with Crippen LogP contribution in [0.2, 0.25) is 0 Å². The van der Waals surface area contributed by atoms with Gasteiger partial charge in [0.15, 0.2) is 11.6 Å². The molecule has 4 rings (SSSR count). The molecule has 1 atom stereocenters. The van der Waals surface area contributed by atoms with Crippen LogP contribution in [0.25, 0.3) is 16.6 Å². The van der Waals surface area contributed by atoms with Gasteiger partial charge in [0.1, 0.15) is 12.4 Å². The molecule has 0 saturated carbocycles. The zero-order valence-corrected chi connectivity index (χ0v) is 18.3. The number of benzene rings is 3. The van der Waals surface area contributed by atoms with E-state index in [-0.39, 0.29) is 5.39 Å². The van der Waals surface area contributed by atoms with Gasteiger partial charge < -0.3 is 9.84 Å². The van der Waals surface area contributed by atoms with Crippen LogP contribution >= 0.6 is 0 Å². The molecule has 0 aliphatic carbocycles. The first-order valence-electron chi connectivity index (χ1n) is 10.2. The maximum absolute atomic E-state index is 14.2. The molecule has 0 bridgehead atoms. The molecule has 0 spiro atoms. The number of aromatic nitrogens is 2. The van der Waals surface area contributed by atoms with E-state index in [1.165, 1.54) is 41.2 Å². The smallest absolute Gasteiger partial charge is 0.424 e. The van der Waals surface area contributed by atoms with Crippen molar-refractivity contribution in [3.63, 3.8) is 0 Å². The molecule has 190 valence electrons. The van der Waals surface area contributed by atoms with Gasteiger partial charge in [0, 0.05) is 10.9 Å². The van der Waals surface area contributed by atoms with Crippen LogP contribution in [-0.2, 0) is 11.8 Å². The van der Waals surface area contributed by atoms with Crippen LogP contribution in [0, 0.1) is 18.6 Å². The summed E-state index contributed by atoms with van der Waals surface area (Å²) in [6, 6.07) is 9.17. The van der Waals surface area contributed by atoms with Crippen LogP contribution in [0.1, 0.15) is 16.7 Å². The number of hydrogen-bond acceptors (Lipinski definition) is 3. The van der Waals surface area contributed by atoms with E-state index in [2.05, 4.69) is 5.10 Å². The van der Waals surface area contributed by atoms with Gasteiger partial charge in [0.25, 0.3) is 0 Å². The Bertz CT molecular complexity index is 1410. The van der Waals surface area contributed by atoms with Crippen molar-refractivity contribution >= 4 is 10.9 Å². The van der Waals surface area contributed by atoms with Crippen LogP contribution in [0.15, 0.2) is 60.8 Å². The van der Waals surface area contributed by atoms with Crippen molar-refractivity contribution in [2.24, 2.45) is 0 Å². The maximum Gasteiger partial charge on any atom is 0.424 e. The highest BCUT2D eigenvalue weighted by Crippen LogP contribution is 2.42. The maximum atomic E-state index is 14.2. The molecule has 3 aromatic carbocycles. The molecule has 4 nitrogen and oxygen atoms in total. The molecule has 0 aliphatic heterocycles. The zero-order valence-electron chi connectivity index (χ0n) is 18.3. The van der Waals surface area contributed by atoms with Crippen LogP contribution in [0.3, 0.4) is 0 Å². The Labute approximate surface area is 198 Å². The third kappa shape index (κ3) is 4.48. The molecule has 12 heteroatoms. The van der Waals surface area contributed by atoms with Crippen LogP contribution in [0.4, 0.5) is 35.1 Å². The molecule has 1 unspecified atom stereocenters. The summed E-state index contributed by atoms with van der Waals surface area (Å²) >= 11 is 0. The predicted octanol–water partition coefficient (Wildman–Crippen LogP) is 6.46. The molecule has 4 aromatic rings. The lowest BCUT2D eigenvalue weighted by molar-refractivity contribution is -0.275. The molecule has 0 aliphatic rings. The van der Waals surface area contributed by atoms with E-state index >= 15 is 0 Å². The average Bonchev–Trinajstić information content (AvgIpc) is 3.21. The molecular formula is C24H16F8N2O2. The van der Waals surface area contributed by atoms with Crippen molar-refractivity contribution in [2.75, 3.05) is 6.61 Å². The van der Waals surface area contributed by atoms with Gasteiger partial charge in [-0.15, -0.1) is 0 Å². The van der Waals surface area contributed by atoms with E-state index in [0.717, 1.165) is 19.1 Å². The third-order valence-corrected chi connectivity index (χ3v) is 5.67. The summed E-state index contributed by atoms with van der Waals surface area (Å²) < 4.78 is 115. The fourth-order valence-electron chi connectivity index (χ4n) is 3.73. The monoisotopic (exact) mass is 516 g/mol. The van der Waals surface area contributed by atoms with E-state index in [4.69, 9.17) is 4.74 Å². The Balaban J connectivity index is 1.72. The van der Waals surface area contributed by atoms with Gasteiger partial charge in [-0.05, 0) is 61.0 Å². The molecule has 36 heavy (non-hydrogen) atoms. The van der Waals surface area contributed by atoms with Crippen LogP contribution < -0.4 is 4.74 Å². The number of ether oxygens (including phenoxy) is 1. The lowest BCUT2D eigenvalue weighted by atomic mass is 9.93. The SMILES string of the molecule is Cc1c(C(F)(F)F)ccc(F)c1OCC(O)(c1ccc2c(cnn2-c2ccc(F)cc2)c1)C(F)(F)F. The standard InChI is InChI=1S/C24H16F8N2O2/c1-13-18(23(27,28)29)7-8-19(26)21(13)36-12-22(35,24(30,31)32)15-2-9-20-14(10-15)11-33-34(20)17-5-3-16(25)4-6-17/h2-11,35H,12H2,1H3. The Morgan fingerprint density at radius 1 is 0.917 bits per heavy atom. The predicted molar refractivity (Wildman–Crippen MR) is 113 cm³/mol. The van der Waals surface area contributed by atoms with Crippen molar-refractivity contribution in [3.05, 3.63) is 89.1 Å². The number of rotatable bonds is 5. The van der Waals surface area contributed by atoms with Gasteiger partial charge in [0.2, 0.25) is 5.60 Å². The minimum Gasteiger partial charge on any atom is -0.486 e. The molecule has 0 saturated heterocycles. The largest absolute Gasteiger partial charge is 0.486 e. The van der Waals surface area contributed by atoms with Gasteiger partial charge in [-0.1, -0.05) is 6.07 Å². The second-order valence-electron chi connectivity index (χ2n) is 8.00. The fourth-order valence-corrected chi connectivity index (χ4v) is 3.73. The fraction of sp³-hybridized carbons (Fsp3) is 0.208. The number of hydrogen-bond donors (Lipinski definition) is 1. The molecule has 0 amide bonds. The van der Waals surface area contributed by atoms with E-state index in [1.54, 1.807) is 0 Å². The third-order valence-electron chi connectivity index (χ3n) is 5.67. The zero-order chi connectivity index (χ0) is 26.5. The van der Waals surface area contributed by atoms with Gasteiger partial charge >= 0.3 is 12.4 Å². The highest BCUT2D eigenvalue weighted by Gasteiger charge is 2.56. The number of nitrogens with zero attached hydrogens (tertiary/aromatic N) is 2. The first kappa shape index (κ1) is 25.4. The van der Waals surface area contributed by atoms with Gasteiger partial charge in [0.05, 0.1) is 23.0 Å². The quantitative estimate of drug-likeness (QED) is 0.310. The Morgan fingerprint density at radius 2 is 1.58 bits per heavy atom. The lowest BCUT2D eigenvalue weighted by Gasteiger charge is -2.31. The lowest BCUT2D eigenvalue weighted by Crippen LogP contribution is -2.47. The second kappa shape index (κ2) is 8.77. The summed E-state index contributed by atoms with van der Waals surface area (Å²) in [5.41, 5.74) is -5.70. The van der Waals surface area contributed by atoms with Gasteiger partial charge in [-0.2, -0.15) is 31.4 Å². The minimum absolute atomic E-state index is 0.168. The second-order valence-corrected chi connectivity index (χ2v) is 8.00. The summed E-state index contributed by atoms with van der Waals surface area (Å²) in [6.07, 6.45) is -9.03. The normalized spacial score (nSPS) is 14.2. The van der Waals surface area contributed by atoms with Crippen LogP contribution in [0.5, 0.6) is 5.75 Å². The number of halogens is 8. The first-order chi connectivity index (χ1) is 16.7. The van der Waals surface area contributed by atoms with Gasteiger partial charge in [-0.3, -0.25) is 0 Å². The highest BCUT2D eigenvalue weighted by atomic mass is 19.4. The van der Waals surface area contributed by atoms with Crippen molar-refractivity contribution in [1.29, 1.82) is 0 Å². The van der Waals surface area contributed by atoms with Crippen molar-refractivity contribution < 1.29 is 45.0 Å². The summed E-state index contributed by atoms with van der Waals surface area (Å²) in [5, 5.41) is 14.9. The molecular weight excluding hydrogens is 500 g/mol. The number of aliphatic hydroxyl groups is 1. The molecule has 1 heterocycles. The Kier molecular flexibility index (Phi) is 6.19. The van der Waals surface area contributed by atoms with Crippen molar-refractivity contribution in [1.82, 2.24) is 9.78 Å². The summed E-state index contributed by atoms with van der Waals surface area (Å²) in [7, 11) is 0. The molecule has 1 N–H and O–H groups in total. The van der Waals surface area contributed by atoms with E-state index in [0.29, 0.717) is 23.3 Å². The summed E-state index contributed by atoms with van der Waals surface area (Å²) in [5.74, 6) is -2.88. The van der Waals surface area contributed by atoms with Crippen molar-refractivity contribution in [3.8, 4) is 11.4 Å². The first-order valence-corrected chi connectivity index (χ1v) is 10.2. The average molecular weight is 516 g/mol. The Hall–Kier alpha value is -3.67. The highest BCUT2D eigenvalue weighted by molar-refractivity contribution is 5.81. The number of alkyl halides is 6. The van der Waals surface area contributed by atoms with Crippen LogP contribution in [-0.4, -0.2) is 27.7 Å². The molecule has 0 radical (unpaired) electrons. The molecule has 0 fully saturated rings. The van der Waals surface area contributed by atoms with E-state index in [1.807, 2.05) is 0 Å². The Morgan fingerprint density at radius 3 is 2.19 bits per heavy atom. The van der Waals surface area contributed by atoms with E-state index in [9.17, 15) is 40.2 Å². The molecule has 1 aromatic heterocycles. The topological polar surface area (TPSA) is 47.3 Å². The van der Waals surface area contributed by atoms with Gasteiger partial charge in [-0.25, -0.2) is 13.5 Å². The summed E-state index contributed by atoms with van der Waals surface area (Å²) in [4.78, 5) is 0. The van der Waals surface area contributed by atoms with E-state index < -0.39 is 58.6 Å². The minimum atomic E-state index is -5.35. The summed E-state index contributed by atoms with van der Waals surface area (Å²) in [6.45, 7) is -0.767.